The van der Waals surface area contributed by atoms with Crippen LogP contribution in [0.3, 0.4) is 0 Å². The number of nitriles is 1. The Balaban J connectivity index is 1.67. The summed E-state index contributed by atoms with van der Waals surface area (Å²) in [6.45, 7) is 3.68. The molecule has 1 amide bonds. The highest BCUT2D eigenvalue weighted by Crippen LogP contribution is 2.45. The maximum absolute atomic E-state index is 14.3. The van der Waals surface area contributed by atoms with E-state index in [0.717, 1.165) is 29.8 Å². The molecule has 3 heterocycles. The fourth-order valence-corrected chi connectivity index (χ4v) is 4.47. The van der Waals surface area contributed by atoms with Crippen LogP contribution in [0.5, 0.6) is 11.5 Å². The predicted octanol–water partition coefficient (Wildman–Crippen LogP) is 4.40. The number of anilines is 1. The van der Waals surface area contributed by atoms with Crippen LogP contribution < -0.4 is 15.0 Å². The molecule has 3 aromatic rings. The number of hydrogen-bond donors (Lipinski definition) is 1. The Labute approximate surface area is 196 Å². The van der Waals surface area contributed by atoms with Gasteiger partial charge in [-0.2, -0.15) is 10.4 Å². The Bertz CT molecular complexity index is 1290. The minimum Gasteiger partial charge on any atom is -0.455 e. The molecule has 2 aromatic carbocycles. The summed E-state index contributed by atoms with van der Waals surface area (Å²) >= 11 is 0. The number of carbonyl (C=O) groups is 1. The summed E-state index contributed by atoms with van der Waals surface area (Å²) in [4.78, 5) is 14.2. The van der Waals surface area contributed by atoms with Gasteiger partial charge in [-0.1, -0.05) is 6.07 Å². The molecule has 1 aromatic heterocycles. The molecule has 5 rings (SSSR count). The van der Waals surface area contributed by atoms with E-state index in [1.54, 1.807) is 17.2 Å². The van der Waals surface area contributed by atoms with Crippen LogP contribution in [-0.4, -0.2) is 42.1 Å². The zero-order valence-electron chi connectivity index (χ0n) is 18.9. The number of benzene rings is 2. The van der Waals surface area contributed by atoms with Gasteiger partial charge in [-0.25, -0.2) is 9.18 Å². The number of aromatic nitrogens is 2. The maximum atomic E-state index is 14.3. The van der Waals surface area contributed by atoms with Gasteiger partial charge in [0.15, 0.2) is 0 Å². The molecule has 1 N–H and O–H groups in total. The van der Waals surface area contributed by atoms with E-state index >= 15 is 0 Å². The lowest BCUT2D eigenvalue weighted by atomic mass is 9.92. The normalized spacial score (nSPS) is 17.5. The molecule has 0 unspecified atom stereocenters. The van der Waals surface area contributed by atoms with Gasteiger partial charge >= 0.3 is 6.09 Å². The molecule has 2 aliphatic rings. The number of nitrogens with zero attached hydrogens (tertiary/aromatic N) is 4. The topological polar surface area (TPSA) is 92.4 Å². The Morgan fingerprint density at radius 1 is 1.29 bits per heavy atom. The summed E-state index contributed by atoms with van der Waals surface area (Å²) in [5.74, 6) is -0.0517. The molecule has 0 aliphatic carbocycles. The highest BCUT2D eigenvalue weighted by Gasteiger charge is 2.33. The van der Waals surface area contributed by atoms with Crippen molar-refractivity contribution in [2.24, 2.45) is 0 Å². The van der Waals surface area contributed by atoms with Crippen molar-refractivity contribution in [1.82, 2.24) is 15.1 Å². The second-order valence-electron chi connectivity index (χ2n) is 8.52. The number of methoxy groups -OCH3 is 1. The van der Waals surface area contributed by atoms with Crippen LogP contribution in [0.2, 0.25) is 0 Å². The fraction of sp³-hybridized carbons (Fsp3) is 0.320. The standard InChI is InChI=1S/C25H24FN5O3/c1-15-6-7-19-22(31(15)25(32)33-2)9-8-18(16-11-29-30(14-16)17-12-28-13-17)24(19)34-23-5-3-4-21(26)20(23)10-27/h3-5,8-9,11,14-15,17,28H,6-7,12-13H2,1-2H3/t15-/m0/s1. The number of hydrogen-bond acceptors (Lipinski definition) is 6. The minimum absolute atomic E-state index is 0.0589. The average molecular weight is 461 g/mol. The molecule has 2 aliphatic heterocycles. The van der Waals surface area contributed by atoms with Gasteiger partial charge < -0.3 is 14.8 Å². The predicted molar refractivity (Wildman–Crippen MR) is 123 cm³/mol. The van der Waals surface area contributed by atoms with Gasteiger partial charge in [-0.05, 0) is 44.0 Å². The Morgan fingerprint density at radius 3 is 2.82 bits per heavy atom. The van der Waals surface area contributed by atoms with Gasteiger partial charge in [-0.3, -0.25) is 9.58 Å². The molecule has 1 atom stereocenters. The molecule has 0 saturated carbocycles. The lowest BCUT2D eigenvalue weighted by Gasteiger charge is -2.35. The molecular weight excluding hydrogens is 437 g/mol. The van der Waals surface area contributed by atoms with Crippen LogP contribution in [-0.2, 0) is 11.2 Å². The van der Waals surface area contributed by atoms with Gasteiger partial charge in [0.05, 0.1) is 25.0 Å². The van der Waals surface area contributed by atoms with E-state index in [1.165, 1.54) is 19.2 Å². The van der Waals surface area contributed by atoms with E-state index in [2.05, 4.69) is 10.4 Å². The first-order valence-corrected chi connectivity index (χ1v) is 11.2. The molecule has 9 heteroatoms. The summed E-state index contributed by atoms with van der Waals surface area (Å²) in [5.41, 5.74) is 2.89. The molecule has 0 radical (unpaired) electrons. The monoisotopic (exact) mass is 461 g/mol. The van der Waals surface area contributed by atoms with Crippen LogP contribution in [0, 0.1) is 17.1 Å². The van der Waals surface area contributed by atoms with Gasteiger partial charge in [0.1, 0.15) is 28.9 Å². The quantitative estimate of drug-likeness (QED) is 0.619. The van der Waals surface area contributed by atoms with Crippen molar-refractivity contribution < 1.29 is 18.7 Å². The Kier molecular flexibility index (Phi) is 5.67. The second-order valence-corrected chi connectivity index (χ2v) is 8.52. The SMILES string of the molecule is COC(=O)N1c2ccc(-c3cnn(C4CNC4)c3)c(Oc3cccc(F)c3C#N)c2CC[C@@H]1C. The van der Waals surface area contributed by atoms with Crippen LogP contribution in [0.15, 0.2) is 42.7 Å². The third-order valence-corrected chi connectivity index (χ3v) is 6.47. The van der Waals surface area contributed by atoms with Crippen molar-refractivity contribution in [3.63, 3.8) is 0 Å². The van der Waals surface area contributed by atoms with E-state index in [9.17, 15) is 14.4 Å². The van der Waals surface area contributed by atoms with Crippen molar-refractivity contribution in [1.29, 1.82) is 5.26 Å². The third kappa shape index (κ3) is 3.66. The molecule has 1 saturated heterocycles. The summed E-state index contributed by atoms with van der Waals surface area (Å²) in [6.07, 6.45) is 4.61. The summed E-state index contributed by atoms with van der Waals surface area (Å²) in [6, 6.07) is 10.2. The van der Waals surface area contributed by atoms with E-state index in [4.69, 9.17) is 9.47 Å². The summed E-state index contributed by atoms with van der Waals surface area (Å²) < 4.78 is 27.6. The molecule has 34 heavy (non-hydrogen) atoms. The molecule has 174 valence electrons. The lowest BCUT2D eigenvalue weighted by Crippen LogP contribution is -2.43. The largest absolute Gasteiger partial charge is 0.455 e. The van der Waals surface area contributed by atoms with Gasteiger partial charge in [0, 0.05) is 42.0 Å². The smallest absolute Gasteiger partial charge is 0.414 e. The van der Waals surface area contributed by atoms with Gasteiger partial charge in [-0.15, -0.1) is 0 Å². The number of halogens is 1. The van der Waals surface area contributed by atoms with Crippen molar-refractivity contribution in [3.8, 4) is 28.7 Å². The van der Waals surface area contributed by atoms with Crippen molar-refractivity contribution in [2.75, 3.05) is 25.1 Å². The zero-order chi connectivity index (χ0) is 23.8. The van der Waals surface area contributed by atoms with Crippen LogP contribution in [0.4, 0.5) is 14.9 Å². The highest BCUT2D eigenvalue weighted by molar-refractivity contribution is 5.92. The van der Waals surface area contributed by atoms with Crippen LogP contribution >= 0.6 is 0 Å². The summed E-state index contributed by atoms with van der Waals surface area (Å²) in [5, 5.41) is 17.3. The number of rotatable bonds is 4. The fourth-order valence-electron chi connectivity index (χ4n) is 4.47. The summed E-state index contributed by atoms with van der Waals surface area (Å²) in [7, 11) is 1.35. The Hall–Kier alpha value is -3.90. The zero-order valence-corrected chi connectivity index (χ0v) is 18.9. The number of ether oxygens (including phenoxy) is 2. The van der Waals surface area contributed by atoms with E-state index in [1.807, 2.05) is 36.0 Å². The average Bonchev–Trinajstić information content (AvgIpc) is 3.26. The van der Waals surface area contributed by atoms with Gasteiger partial charge in [0.25, 0.3) is 0 Å². The highest BCUT2D eigenvalue weighted by atomic mass is 19.1. The van der Waals surface area contributed by atoms with Crippen LogP contribution in [0.1, 0.15) is 30.5 Å². The second kappa shape index (κ2) is 8.80. The van der Waals surface area contributed by atoms with Crippen LogP contribution in [0.25, 0.3) is 11.1 Å². The molecule has 0 bridgehead atoms. The number of nitrogens with one attached hydrogen (secondary N) is 1. The molecule has 1 fully saturated rings. The lowest BCUT2D eigenvalue weighted by molar-refractivity contribution is 0.175. The Morgan fingerprint density at radius 2 is 2.12 bits per heavy atom. The third-order valence-electron chi connectivity index (χ3n) is 6.47. The number of fused-ring (bicyclic) bond motifs is 1. The minimum atomic E-state index is -0.651. The molecule has 8 nitrogen and oxygen atoms in total. The van der Waals surface area contributed by atoms with Crippen molar-refractivity contribution in [3.05, 3.63) is 59.7 Å². The van der Waals surface area contributed by atoms with Gasteiger partial charge in [0.2, 0.25) is 0 Å². The molecular formula is C25H24FN5O3. The van der Waals surface area contributed by atoms with E-state index in [0.29, 0.717) is 30.3 Å². The number of carbonyl (C=O) groups excluding carboxylic acids is 1. The maximum Gasteiger partial charge on any atom is 0.414 e. The van der Waals surface area contributed by atoms with E-state index in [-0.39, 0.29) is 17.4 Å². The molecule has 0 spiro atoms. The van der Waals surface area contributed by atoms with E-state index < -0.39 is 11.9 Å². The van der Waals surface area contributed by atoms with Crippen molar-refractivity contribution >= 4 is 11.8 Å². The first kappa shape index (κ1) is 21.9. The van der Waals surface area contributed by atoms with Crippen molar-refractivity contribution in [2.45, 2.75) is 31.8 Å². The first-order valence-electron chi connectivity index (χ1n) is 11.2. The number of amides is 1. The first-order chi connectivity index (χ1) is 16.5.